The van der Waals surface area contributed by atoms with Crippen LogP contribution < -0.4 is 9.64 Å². The second kappa shape index (κ2) is 6.42. The summed E-state index contributed by atoms with van der Waals surface area (Å²) in [4.78, 5) is 17.9. The number of rotatable bonds is 4. The zero-order valence-electron chi connectivity index (χ0n) is 16.7. The lowest BCUT2D eigenvalue weighted by molar-refractivity contribution is -0.157. The Balaban J connectivity index is 1.30. The number of amides is 1. The molecule has 0 saturated heterocycles. The van der Waals surface area contributed by atoms with E-state index in [4.69, 9.17) is 4.74 Å². The summed E-state index contributed by atoms with van der Waals surface area (Å²) in [5, 5.41) is 0. The number of anilines is 1. The van der Waals surface area contributed by atoms with Crippen molar-refractivity contribution in [3.8, 4) is 5.75 Å². The topological polar surface area (TPSA) is 32.8 Å². The number of carbonyl (C=O) groups excluding carboxylic acids is 1. The molecule has 0 spiro atoms. The molecule has 1 atom stereocenters. The Kier molecular flexibility index (Phi) is 4.14. The number of carbonyl (C=O) groups is 1. The van der Waals surface area contributed by atoms with E-state index in [2.05, 4.69) is 24.0 Å². The molecule has 1 heterocycles. The first-order chi connectivity index (χ1) is 13.1. The third-order valence-corrected chi connectivity index (χ3v) is 7.62. The maximum atomic E-state index is 13.5. The highest BCUT2D eigenvalue weighted by molar-refractivity contribution is 5.83. The van der Waals surface area contributed by atoms with Gasteiger partial charge in [0.05, 0.1) is 24.2 Å². The first-order valence-electron chi connectivity index (χ1n) is 10.8. The van der Waals surface area contributed by atoms with Crippen molar-refractivity contribution in [1.29, 1.82) is 0 Å². The fraction of sp³-hybridized carbons (Fsp3) is 0.696. The molecule has 6 rings (SSSR count). The van der Waals surface area contributed by atoms with Gasteiger partial charge in [-0.05, 0) is 75.3 Å². The number of fused-ring (bicyclic) bond motifs is 1. The van der Waals surface area contributed by atoms with Crippen LogP contribution in [-0.2, 0) is 4.79 Å². The molecule has 1 aromatic rings. The zero-order valence-corrected chi connectivity index (χ0v) is 16.7. The van der Waals surface area contributed by atoms with Crippen LogP contribution in [0.3, 0.4) is 0 Å². The Morgan fingerprint density at radius 1 is 1.15 bits per heavy atom. The van der Waals surface area contributed by atoms with Gasteiger partial charge in [0, 0.05) is 13.6 Å². The van der Waals surface area contributed by atoms with Crippen molar-refractivity contribution in [2.75, 3.05) is 31.6 Å². The quantitative estimate of drug-likeness (QED) is 0.807. The number of ether oxygens (including phenoxy) is 1. The number of hydrogen-bond acceptors (Lipinski definition) is 3. The van der Waals surface area contributed by atoms with Gasteiger partial charge in [0.25, 0.3) is 0 Å². The SMILES string of the molecule is CCN1C[C@@H](CN(C)C(=O)C23CC4CC(CC(C4)C2)C3)Oc2ccccc21. The standard InChI is InChI=1S/C23H32N2O2/c1-3-25-15-19(27-21-7-5-4-6-20(21)25)14-24(2)22(26)23-11-16-8-17(12-23)10-18(9-16)13-23/h4-7,16-19H,3,8-15H2,1-2H3/t16?,17?,18?,19-,23?/m1/s1. The molecule has 4 nitrogen and oxygen atoms in total. The molecule has 0 unspecified atom stereocenters. The number of para-hydroxylation sites is 2. The summed E-state index contributed by atoms with van der Waals surface area (Å²) in [5.74, 6) is 3.77. The molecule has 0 radical (unpaired) electrons. The summed E-state index contributed by atoms with van der Waals surface area (Å²) in [7, 11) is 2.00. The van der Waals surface area contributed by atoms with Gasteiger partial charge in [0.15, 0.2) is 0 Å². The highest BCUT2D eigenvalue weighted by Gasteiger charge is 2.55. The average Bonchev–Trinajstić information content (AvgIpc) is 2.65. The van der Waals surface area contributed by atoms with Crippen LogP contribution in [0.4, 0.5) is 5.69 Å². The third-order valence-electron chi connectivity index (χ3n) is 7.62. The summed E-state index contributed by atoms with van der Waals surface area (Å²) in [6.45, 7) is 4.68. The van der Waals surface area contributed by atoms with Crippen LogP contribution in [0.2, 0.25) is 0 Å². The van der Waals surface area contributed by atoms with Gasteiger partial charge in [-0.15, -0.1) is 0 Å². The molecule has 146 valence electrons. The van der Waals surface area contributed by atoms with Crippen molar-refractivity contribution in [3.05, 3.63) is 24.3 Å². The van der Waals surface area contributed by atoms with Crippen LogP contribution >= 0.6 is 0 Å². The molecular formula is C23H32N2O2. The summed E-state index contributed by atoms with van der Waals surface area (Å²) in [5.41, 5.74) is 1.12. The van der Waals surface area contributed by atoms with Gasteiger partial charge in [-0.1, -0.05) is 12.1 Å². The van der Waals surface area contributed by atoms with Gasteiger partial charge in [0.2, 0.25) is 5.91 Å². The van der Waals surface area contributed by atoms with E-state index in [1.807, 2.05) is 24.1 Å². The van der Waals surface area contributed by atoms with Crippen LogP contribution in [0.15, 0.2) is 24.3 Å². The second-order valence-electron chi connectivity index (χ2n) is 9.63. The largest absolute Gasteiger partial charge is 0.485 e. The molecule has 4 bridgehead atoms. The second-order valence-corrected chi connectivity index (χ2v) is 9.63. The maximum absolute atomic E-state index is 13.5. The lowest BCUT2D eigenvalue weighted by Crippen LogP contribution is -2.56. The molecule has 0 aromatic heterocycles. The van der Waals surface area contributed by atoms with Crippen LogP contribution in [0.25, 0.3) is 0 Å². The van der Waals surface area contributed by atoms with E-state index in [-0.39, 0.29) is 11.5 Å². The van der Waals surface area contributed by atoms with E-state index < -0.39 is 0 Å². The highest BCUT2D eigenvalue weighted by Crippen LogP contribution is 2.60. The van der Waals surface area contributed by atoms with E-state index in [1.54, 1.807) is 0 Å². The third kappa shape index (κ3) is 2.92. The first kappa shape index (κ1) is 17.4. The molecule has 4 heteroatoms. The monoisotopic (exact) mass is 368 g/mol. The molecular weight excluding hydrogens is 336 g/mol. The summed E-state index contributed by atoms with van der Waals surface area (Å²) in [6, 6.07) is 8.26. The molecule has 5 aliphatic rings. The molecule has 4 aliphatic carbocycles. The summed E-state index contributed by atoms with van der Waals surface area (Å²) >= 11 is 0. The number of likely N-dealkylation sites (N-methyl/N-ethyl adjacent to an activating group) is 2. The summed E-state index contributed by atoms with van der Waals surface area (Å²) < 4.78 is 6.27. The molecule has 1 amide bonds. The average molecular weight is 369 g/mol. The fourth-order valence-corrected chi connectivity index (χ4v) is 6.94. The van der Waals surface area contributed by atoms with Gasteiger partial charge in [-0.25, -0.2) is 0 Å². The van der Waals surface area contributed by atoms with Gasteiger partial charge in [0.1, 0.15) is 11.9 Å². The predicted octanol–water partition coefficient (Wildman–Crippen LogP) is 3.95. The Morgan fingerprint density at radius 2 is 1.78 bits per heavy atom. The van der Waals surface area contributed by atoms with Gasteiger partial charge in [-0.2, -0.15) is 0 Å². The zero-order chi connectivity index (χ0) is 18.6. The minimum absolute atomic E-state index is 0.0442. The minimum atomic E-state index is -0.0550. The maximum Gasteiger partial charge on any atom is 0.228 e. The first-order valence-corrected chi connectivity index (χ1v) is 10.8. The summed E-state index contributed by atoms with van der Waals surface area (Å²) in [6.07, 6.45) is 7.59. The van der Waals surface area contributed by atoms with Crippen molar-refractivity contribution in [2.24, 2.45) is 23.2 Å². The fourth-order valence-electron chi connectivity index (χ4n) is 6.94. The molecule has 1 aliphatic heterocycles. The van der Waals surface area contributed by atoms with Crippen LogP contribution in [0, 0.1) is 23.2 Å². The van der Waals surface area contributed by atoms with Crippen molar-refractivity contribution < 1.29 is 9.53 Å². The molecule has 27 heavy (non-hydrogen) atoms. The smallest absolute Gasteiger partial charge is 0.228 e. The molecule has 4 saturated carbocycles. The molecule has 4 fully saturated rings. The van der Waals surface area contributed by atoms with Gasteiger partial charge in [-0.3, -0.25) is 4.79 Å². The van der Waals surface area contributed by atoms with Crippen LogP contribution in [0.5, 0.6) is 5.75 Å². The number of benzene rings is 1. The van der Waals surface area contributed by atoms with E-state index in [9.17, 15) is 4.79 Å². The van der Waals surface area contributed by atoms with Crippen molar-refractivity contribution in [3.63, 3.8) is 0 Å². The Morgan fingerprint density at radius 3 is 2.41 bits per heavy atom. The highest BCUT2D eigenvalue weighted by atomic mass is 16.5. The molecule has 1 aromatic carbocycles. The van der Waals surface area contributed by atoms with Crippen molar-refractivity contribution >= 4 is 11.6 Å². The molecule has 0 N–H and O–H groups in total. The van der Waals surface area contributed by atoms with Gasteiger partial charge < -0.3 is 14.5 Å². The van der Waals surface area contributed by atoms with Crippen molar-refractivity contribution in [1.82, 2.24) is 4.90 Å². The van der Waals surface area contributed by atoms with Gasteiger partial charge >= 0.3 is 0 Å². The van der Waals surface area contributed by atoms with E-state index in [1.165, 1.54) is 24.9 Å². The van der Waals surface area contributed by atoms with Crippen LogP contribution in [-0.4, -0.2) is 43.6 Å². The Hall–Kier alpha value is -1.71. The Labute approximate surface area is 162 Å². The van der Waals surface area contributed by atoms with Crippen molar-refractivity contribution in [2.45, 2.75) is 51.6 Å². The van der Waals surface area contributed by atoms with E-state index >= 15 is 0 Å². The normalized spacial score (nSPS) is 36.3. The lowest BCUT2D eigenvalue weighted by Gasteiger charge is -2.56. The van der Waals surface area contributed by atoms with Crippen LogP contribution in [0.1, 0.15) is 45.4 Å². The number of nitrogens with zero attached hydrogens (tertiary/aromatic N) is 2. The number of hydrogen-bond donors (Lipinski definition) is 0. The van der Waals surface area contributed by atoms with E-state index in [0.29, 0.717) is 12.5 Å². The Bertz CT molecular complexity index is 696. The van der Waals surface area contributed by atoms with E-state index in [0.717, 1.165) is 55.9 Å². The lowest BCUT2D eigenvalue weighted by atomic mass is 9.49. The predicted molar refractivity (Wildman–Crippen MR) is 107 cm³/mol. The minimum Gasteiger partial charge on any atom is -0.485 e.